The van der Waals surface area contributed by atoms with Gasteiger partial charge in [-0.25, -0.2) is 0 Å². The van der Waals surface area contributed by atoms with Crippen molar-refractivity contribution in [1.82, 2.24) is 10.2 Å². The Labute approximate surface area is 238 Å². The summed E-state index contributed by atoms with van der Waals surface area (Å²) < 4.78 is 0.588. The van der Waals surface area contributed by atoms with Crippen LogP contribution in [0.15, 0.2) is 76.6 Å². The van der Waals surface area contributed by atoms with E-state index in [4.69, 9.17) is 0 Å². The van der Waals surface area contributed by atoms with Crippen molar-refractivity contribution in [3.05, 3.63) is 116 Å². The maximum absolute atomic E-state index is 13.5. The van der Waals surface area contributed by atoms with Gasteiger partial charge >= 0.3 is 5.91 Å². The molecule has 1 fully saturated rings. The number of nitro groups is 1. The lowest BCUT2D eigenvalue weighted by molar-refractivity contribution is -0.384. The molecule has 1 atom stereocenters. The molecule has 1 N–H and O–H groups in total. The third-order valence-electron chi connectivity index (χ3n) is 6.57. The number of ketones is 1. The van der Waals surface area contributed by atoms with Crippen LogP contribution in [-0.4, -0.2) is 31.9 Å². The molecule has 0 bridgehead atoms. The Morgan fingerprint density at radius 1 is 1.02 bits per heavy atom. The number of aryl methyl sites for hydroxylation is 3. The van der Waals surface area contributed by atoms with Gasteiger partial charge < -0.3 is 5.11 Å². The first-order valence-electron chi connectivity index (χ1n) is 12.3. The number of non-ortho nitro benzene ring substituents is 1. The minimum absolute atomic E-state index is 0.157. The lowest BCUT2D eigenvalue weighted by atomic mass is 9.93. The van der Waals surface area contributed by atoms with Gasteiger partial charge in [0.25, 0.3) is 11.5 Å². The molecular formula is C29H24N4O5S2. The third-order valence-corrected chi connectivity index (χ3v) is 8.70. The number of nitrogens with zero attached hydrogens (tertiary/aromatic N) is 4. The molecule has 5 rings (SSSR count). The number of carbonyl (C=O) groups excluding carboxylic acids is 2. The first-order chi connectivity index (χ1) is 19.1. The van der Waals surface area contributed by atoms with E-state index in [9.17, 15) is 24.8 Å². The minimum atomic E-state index is -1.14. The Bertz CT molecular complexity index is 1680. The van der Waals surface area contributed by atoms with Crippen molar-refractivity contribution in [2.24, 2.45) is 0 Å². The summed E-state index contributed by atoms with van der Waals surface area (Å²) in [6, 6.07) is 18.1. The van der Waals surface area contributed by atoms with Gasteiger partial charge in [-0.1, -0.05) is 82.8 Å². The van der Waals surface area contributed by atoms with E-state index >= 15 is 0 Å². The van der Waals surface area contributed by atoms with Gasteiger partial charge in [0.1, 0.15) is 5.76 Å². The predicted octanol–water partition coefficient (Wildman–Crippen LogP) is 6.29. The van der Waals surface area contributed by atoms with Crippen LogP contribution >= 0.6 is 23.1 Å². The molecule has 3 aromatic carbocycles. The summed E-state index contributed by atoms with van der Waals surface area (Å²) in [7, 11) is 0. The second-order valence-electron chi connectivity index (χ2n) is 9.46. The summed E-state index contributed by atoms with van der Waals surface area (Å²) in [4.78, 5) is 39.1. The quantitative estimate of drug-likeness (QED) is 0.0521. The van der Waals surface area contributed by atoms with E-state index in [-0.39, 0.29) is 22.2 Å². The molecule has 0 radical (unpaired) electrons. The fraction of sp³-hybridized carbons (Fsp3) is 0.172. The topological polar surface area (TPSA) is 127 Å². The van der Waals surface area contributed by atoms with Crippen LogP contribution in [0.4, 0.5) is 10.8 Å². The van der Waals surface area contributed by atoms with Gasteiger partial charge in [0.15, 0.2) is 4.34 Å². The first kappa shape index (κ1) is 27.2. The van der Waals surface area contributed by atoms with E-state index in [0.717, 1.165) is 28.0 Å². The zero-order valence-electron chi connectivity index (χ0n) is 21.8. The highest BCUT2D eigenvalue weighted by Crippen LogP contribution is 2.45. The van der Waals surface area contributed by atoms with Crippen molar-refractivity contribution in [2.45, 2.75) is 36.9 Å². The van der Waals surface area contributed by atoms with E-state index in [1.807, 2.05) is 50.2 Å². The van der Waals surface area contributed by atoms with Crippen molar-refractivity contribution in [1.29, 1.82) is 0 Å². The molecule has 4 aromatic rings. The first-order valence-corrected chi connectivity index (χ1v) is 14.1. The van der Waals surface area contributed by atoms with Crippen LogP contribution in [-0.2, 0) is 15.3 Å². The number of nitro benzene ring substituents is 1. The number of aliphatic hydroxyl groups excluding tert-OH is 1. The van der Waals surface area contributed by atoms with Crippen LogP contribution in [0.25, 0.3) is 5.76 Å². The van der Waals surface area contributed by atoms with E-state index in [1.54, 1.807) is 19.1 Å². The van der Waals surface area contributed by atoms with E-state index < -0.39 is 22.7 Å². The molecule has 9 nitrogen and oxygen atoms in total. The maximum atomic E-state index is 13.5. The molecule has 1 saturated heterocycles. The fourth-order valence-electron chi connectivity index (χ4n) is 4.48. The van der Waals surface area contributed by atoms with Crippen molar-refractivity contribution in [2.75, 3.05) is 4.90 Å². The molecule has 0 spiro atoms. The lowest BCUT2D eigenvalue weighted by Gasteiger charge is -2.22. The Morgan fingerprint density at radius 2 is 1.75 bits per heavy atom. The molecule has 202 valence electrons. The highest BCUT2D eigenvalue weighted by Gasteiger charge is 2.48. The number of rotatable bonds is 7. The van der Waals surface area contributed by atoms with Gasteiger partial charge in [-0.15, -0.1) is 10.2 Å². The summed E-state index contributed by atoms with van der Waals surface area (Å²) in [6.07, 6.45) is 0. The number of hydrogen-bond acceptors (Lipinski definition) is 9. The Kier molecular flexibility index (Phi) is 7.51. The van der Waals surface area contributed by atoms with E-state index in [2.05, 4.69) is 10.2 Å². The number of Topliss-reactive ketones (excluding diaryl/α,β-unsaturated/α-hetero) is 1. The Morgan fingerprint density at radius 3 is 2.48 bits per heavy atom. The van der Waals surface area contributed by atoms with Crippen LogP contribution in [0.3, 0.4) is 0 Å². The van der Waals surface area contributed by atoms with Gasteiger partial charge in [0, 0.05) is 23.4 Å². The SMILES string of the molecule is Cc1ccc(CSc2nnc(N3C(=O)C(=O)C(=C(O)c4cc(C)ccc4C)C3c3cccc([N+](=O)[O-])c3)s2)cc1. The van der Waals surface area contributed by atoms with Gasteiger partial charge in [-0.05, 0) is 43.5 Å². The summed E-state index contributed by atoms with van der Waals surface area (Å²) in [5, 5.41) is 31.6. The monoisotopic (exact) mass is 572 g/mol. The average molecular weight is 573 g/mol. The van der Waals surface area contributed by atoms with Crippen LogP contribution in [0, 0.1) is 30.9 Å². The summed E-state index contributed by atoms with van der Waals surface area (Å²) in [6.45, 7) is 5.65. The lowest BCUT2D eigenvalue weighted by Crippen LogP contribution is -2.29. The van der Waals surface area contributed by atoms with Gasteiger partial charge in [-0.2, -0.15) is 0 Å². The molecule has 40 heavy (non-hydrogen) atoms. The number of anilines is 1. The molecular weight excluding hydrogens is 548 g/mol. The molecule has 1 aliphatic rings. The maximum Gasteiger partial charge on any atom is 0.301 e. The second kappa shape index (κ2) is 11.0. The second-order valence-corrected chi connectivity index (χ2v) is 11.6. The number of aliphatic hydroxyl groups is 1. The van der Waals surface area contributed by atoms with Crippen LogP contribution in [0.1, 0.15) is 39.4 Å². The standard InChI is InChI=1S/C29H24N4O5S2/c1-16-8-11-19(12-9-16)15-39-29-31-30-28(40-29)32-24(20-5-4-6-21(14-20)33(37)38)23(26(35)27(32)36)25(34)22-13-17(2)7-10-18(22)3/h4-14,24,34H,15H2,1-3H3. The van der Waals surface area contributed by atoms with Crippen molar-refractivity contribution in [3.8, 4) is 0 Å². The number of benzene rings is 3. The number of carbonyl (C=O) groups is 2. The fourth-order valence-corrected chi connectivity index (χ4v) is 6.30. The van der Waals surface area contributed by atoms with Crippen molar-refractivity contribution >= 4 is 51.4 Å². The molecule has 2 heterocycles. The van der Waals surface area contributed by atoms with Gasteiger partial charge in [0.05, 0.1) is 16.5 Å². The number of amides is 1. The van der Waals surface area contributed by atoms with E-state index in [0.29, 0.717) is 26.8 Å². The normalized spacial score (nSPS) is 16.5. The molecule has 1 aliphatic heterocycles. The van der Waals surface area contributed by atoms with Gasteiger partial charge in [-0.3, -0.25) is 24.6 Å². The highest BCUT2D eigenvalue weighted by molar-refractivity contribution is 8.00. The van der Waals surface area contributed by atoms with Crippen LogP contribution < -0.4 is 4.90 Å². The van der Waals surface area contributed by atoms with Crippen molar-refractivity contribution < 1.29 is 19.6 Å². The van der Waals surface area contributed by atoms with Gasteiger partial charge in [0.2, 0.25) is 5.13 Å². The molecule has 11 heteroatoms. The zero-order chi connectivity index (χ0) is 28.6. The summed E-state index contributed by atoms with van der Waals surface area (Å²) in [5.41, 5.74) is 4.14. The Balaban J connectivity index is 1.59. The van der Waals surface area contributed by atoms with Crippen LogP contribution in [0.2, 0.25) is 0 Å². The zero-order valence-corrected chi connectivity index (χ0v) is 23.5. The molecule has 0 saturated carbocycles. The molecule has 1 unspecified atom stereocenters. The smallest absolute Gasteiger partial charge is 0.301 e. The number of thioether (sulfide) groups is 1. The number of hydrogen-bond donors (Lipinski definition) is 1. The summed E-state index contributed by atoms with van der Waals surface area (Å²) >= 11 is 2.58. The minimum Gasteiger partial charge on any atom is -0.507 e. The molecule has 1 amide bonds. The molecule has 1 aromatic heterocycles. The third kappa shape index (κ3) is 5.25. The average Bonchev–Trinajstić information content (AvgIpc) is 3.51. The Hall–Kier alpha value is -4.35. The molecule has 0 aliphatic carbocycles. The van der Waals surface area contributed by atoms with Crippen LogP contribution in [0.5, 0.6) is 0 Å². The number of aromatic nitrogens is 2. The largest absolute Gasteiger partial charge is 0.507 e. The summed E-state index contributed by atoms with van der Waals surface area (Å²) in [5.74, 6) is -1.51. The van der Waals surface area contributed by atoms with Crippen molar-refractivity contribution in [3.63, 3.8) is 0 Å². The highest BCUT2D eigenvalue weighted by atomic mass is 32.2. The predicted molar refractivity (Wildman–Crippen MR) is 154 cm³/mol. The van der Waals surface area contributed by atoms with E-state index in [1.165, 1.54) is 34.9 Å².